The molecule has 2 aromatic heterocycles. The number of benzene rings is 1. The molecule has 0 unspecified atom stereocenters. The minimum atomic E-state index is -0.997. The average molecular weight is 473 g/mol. The number of imidazole rings is 1. The van der Waals surface area contributed by atoms with Crippen LogP contribution in [0.5, 0.6) is 0 Å². The van der Waals surface area contributed by atoms with E-state index in [2.05, 4.69) is 10.3 Å². The number of nitrogens with one attached hydrogen (secondary N) is 1. The van der Waals surface area contributed by atoms with Crippen molar-refractivity contribution in [3.05, 3.63) is 62.3 Å². The molecule has 0 radical (unpaired) electrons. The predicted octanol–water partition coefficient (Wildman–Crippen LogP) is 5.18. The number of carbonyl (C=O) groups is 2. The molecule has 1 aromatic carbocycles. The zero-order valence-electron chi connectivity index (χ0n) is 15.4. The molecule has 0 saturated carbocycles. The van der Waals surface area contributed by atoms with Gasteiger partial charge in [0, 0.05) is 27.7 Å². The predicted molar refractivity (Wildman–Crippen MR) is 116 cm³/mol. The zero-order chi connectivity index (χ0) is 21.1. The highest BCUT2D eigenvalue weighted by molar-refractivity contribution is 7.15. The molecule has 10 heteroatoms. The van der Waals surface area contributed by atoms with E-state index in [1.807, 2.05) is 5.38 Å². The second-order valence-corrected chi connectivity index (χ2v) is 8.23. The fourth-order valence-corrected chi connectivity index (χ4v) is 4.18. The quantitative estimate of drug-likeness (QED) is 0.396. The first-order chi connectivity index (χ1) is 13.8. The van der Waals surface area contributed by atoms with Crippen LogP contribution in [0.4, 0.5) is 0 Å². The Kier molecular flexibility index (Phi) is 6.85. The molecule has 1 amide bonds. The summed E-state index contributed by atoms with van der Waals surface area (Å²) in [4.78, 5) is 29.3. The van der Waals surface area contributed by atoms with E-state index in [-0.39, 0.29) is 11.2 Å². The van der Waals surface area contributed by atoms with Crippen LogP contribution in [-0.4, -0.2) is 27.4 Å². The first-order valence-electron chi connectivity index (χ1n) is 8.51. The Morgan fingerprint density at radius 2 is 2.03 bits per heavy atom. The minimum Gasteiger partial charge on any atom is -0.449 e. The van der Waals surface area contributed by atoms with Gasteiger partial charge in [0.15, 0.2) is 16.2 Å². The lowest BCUT2D eigenvalue weighted by atomic mass is 10.1. The second kappa shape index (κ2) is 9.17. The first kappa shape index (κ1) is 21.6. The van der Waals surface area contributed by atoms with Crippen molar-refractivity contribution in [2.24, 2.45) is 0 Å². The molecule has 3 rings (SSSR count). The molecule has 0 aliphatic carbocycles. The zero-order valence-corrected chi connectivity index (χ0v) is 18.4. The third-order valence-electron chi connectivity index (χ3n) is 4.08. The maximum atomic E-state index is 12.4. The number of nitrogens with zero attached hydrogens (tertiary/aromatic N) is 2. The normalized spacial score (nSPS) is 13.6. The summed E-state index contributed by atoms with van der Waals surface area (Å²) in [7, 11) is 0. The van der Waals surface area contributed by atoms with Gasteiger partial charge in [-0.05, 0) is 37.6 Å². The molecule has 152 valence electrons. The Morgan fingerprint density at radius 3 is 2.76 bits per heavy atom. The average Bonchev–Trinajstić information content (AvgIpc) is 3.20. The summed E-state index contributed by atoms with van der Waals surface area (Å²) in [6.45, 7) is 3.26. The fourth-order valence-electron chi connectivity index (χ4n) is 2.60. The van der Waals surface area contributed by atoms with Crippen LogP contribution in [0.15, 0.2) is 35.9 Å². The number of thiazole rings is 1. The molecule has 0 saturated heterocycles. The van der Waals surface area contributed by atoms with Gasteiger partial charge in [-0.25, -0.2) is 9.78 Å². The van der Waals surface area contributed by atoms with Crippen molar-refractivity contribution in [2.75, 3.05) is 0 Å². The molecule has 0 fully saturated rings. The summed E-state index contributed by atoms with van der Waals surface area (Å²) in [6.07, 6.45) is 3.50. The van der Waals surface area contributed by atoms with Gasteiger partial charge in [0.2, 0.25) is 0 Å². The van der Waals surface area contributed by atoms with Gasteiger partial charge in [-0.15, -0.1) is 11.3 Å². The third-order valence-corrected chi connectivity index (χ3v) is 5.68. The first-order valence-corrected chi connectivity index (χ1v) is 10.5. The second-order valence-electron chi connectivity index (χ2n) is 6.15. The maximum Gasteiger partial charge on any atom is 0.331 e. The minimum absolute atomic E-state index is 0.278. The van der Waals surface area contributed by atoms with E-state index >= 15 is 0 Å². The van der Waals surface area contributed by atoms with Gasteiger partial charge >= 0.3 is 5.97 Å². The Balaban J connectivity index is 1.59. The van der Waals surface area contributed by atoms with E-state index in [1.165, 1.54) is 30.4 Å². The molecule has 1 N–H and O–H groups in total. The van der Waals surface area contributed by atoms with Crippen LogP contribution in [0.25, 0.3) is 11.0 Å². The Hall–Kier alpha value is -2.06. The molecule has 3 aromatic rings. The van der Waals surface area contributed by atoms with Crippen molar-refractivity contribution < 1.29 is 14.3 Å². The number of halogens is 3. The van der Waals surface area contributed by atoms with Crippen LogP contribution in [0, 0.1) is 0 Å². The van der Waals surface area contributed by atoms with Crippen molar-refractivity contribution in [1.29, 1.82) is 0 Å². The fraction of sp³-hybridized carbons (Fsp3) is 0.211. The lowest BCUT2D eigenvalue weighted by Crippen LogP contribution is -2.37. The summed E-state index contributed by atoms with van der Waals surface area (Å²) in [5, 5.41) is 5.84. The molecule has 2 atom stereocenters. The lowest BCUT2D eigenvalue weighted by molar-refractivity contribution is -0.150. The molecule has 6 nitrogen and oxygen atoms in total. The Labute approximate surface area is 186 Å². The molecule has 0 aliphatic rings. The number of esters is 1. The van der Waals surface area contributed by atoms with Crippen molar-refractivity contribution in [3.63, 3.8) is 0 Å². The van der Waals surface area contributed by atoms with E-state index in [1.54, 1.807) is 35.7 Å². The van der Waals surface area contributed by atoms with Gasteiger partial charge in [0.25, 0.3) is 5.91 Å². The summed E-state index contributed by atoms with van der Waals surface area (Å²) >= 11 is 19.5. The van der Waals surface area contributed by atoms with Crippen LogP contribution in [-0.2, 0) is 14.3 Å². The Bertz CT molecular complexity index is 1090. The molecule has 0 spiro atoms. The van der Waals surface area contributed by atoms with Crippen molar-refractivity contribution in [1.82, 2.24) is 14.7 Å². The molecular weight excluding hydrogens is 457 g/mol. The monoisotopic (exact) mass is 471 g/mol. The molecule has 2 heterocycles. The van der Waals surface area contributed by atoms with E-state index in [0.717, 1.165) is 0 Å². The smallest absolute Gasteiger partial charge is 0.331 e. The molecular formula is C19H16Cl3N3O3S. The largest absolute Gasteiger partial charge is 0.449 e. The van der Waals surface area contributed by atoms with Gasteiger partial charge in [-0.3, -0.25) is 9.20 Å². The number of hydrogen-bond acceptors (Lipinski definition) is 5. The highest BCUT2D eigenvalue weighted by atomic mass is 35.5. The van der Waals surface area contributed by atoms with Gasteiger partial charge < -0.3 is 10.1 Å². The van der Waals surface area contributed by atoms with Crippen LogP contribution in [0.2, 0.25) is 15.2 Å². The number of amides is 1. The van der Waals surface area contributed by atoms with Crippen LogP contribution < -0.4 is 5.32 Å². The number of hydrogen-bond donors (Lipinski definition) is 1. The Morgan fingerprint density at radius 1 is 1.28 bits per heavy atom. The maximum absolute atomic E-state index is 12.4. The molecule has 29 heavy (non-hydrogen) atoms. The van der Waals surface area contributed by atoms with E-state index in [9.17, 15) is 9.59 Å². The van der Waals surface area contributed by atoms with Crippen molar-refractivity contribution in [2.45, 2.75) is 26.0 Å². The van der Waals surface area contributed by atoms with Crippen LogP contribution in [0.3, 0.4) is 0 Å². The topological polar surface area (TPSA) is 72.7 Å². The highest BCUT2D eigenvalue weighted by Crippen LogP contribution is 2.26. The highest BCUT2D eigenvalue weighted by Gasteiger charge is 2.20. The van der Waals surface area contributed by atoms with Gasteiger partial charge in [-0.2, -0.15) is 0 Å². The summed E-state index contributed by atoms with van der Waals surface area (Å²) in [5.74, 6) is -1.13. The van der Waals surface area contributed by atoms with Crippen molar-refractivity contribution in [3.8, 4) is 0 Å². The summed E-state index contributed by atoms with van der Waals surface area (Å²) < 4.78 is 6.92. The number of rotatable bonds is 6. The van der Waals surface area contributed by atoms with Gasteiger partial charge in [0.05, 0.1) is 11.7 Å². The summed E-state index contributed by atoms with van der Waals surface area (Å²) in [5.41, 5.74) is 1.26. The van der Waals surface area contributed by atoms with E-state index < -0.39 is 18.0 Å². The lowest BCUT2D eigenvalue weighted by Gasteiger charge is -2.19. The third kappa shape index (κ3) is 5.11. The SMILES string of the molecule is C[C@H](OC(=O)/C=C/c1c(Cl)nc2sccn12)C(=O)N[C@@H](C)c1ccc(Cl)cc1Cl. The van der Waals surface area contributed by atoms with Gasteiger partial charge in [-0.1, -0.05) is 40.9 Å². The number of fused-ring (bicyclic) bond motifs is 1. The van der Waals surface area contributed by atoms with E-state index in [4.69, 9.17) is 39.5 Å². The van der Waals surface area contributed by atoms with Crippen LogP contribution in [0.1, 0.15) is 31.1 Å². The standard InChI is InChI=1S/C19H16Cl3N3O3S/c1-10(13-4-3-12(20)9-14(13)21)23-18(27)11(2)28-16(26)6-5-15-17(22)24-19-25(15)7-8-29-19/h3-11H,1-2H3,(H,23,27)/b6-5+/t10-,11-/m0/s1. The number of aromatic nitrogens is 2. The summed E-state index contributed by atoms with van der Waals surface area (Å²) in [6, 6.07) is 4.63. The van der Waals surface area contributed by atoms with Crippen molar-refractivity contribution >= 4 is 69.1 Å². The number of carbonyl (C=O) groups excluding carboxylic acids is 2. The number of ether oxygens (including phenoxy) is 1. The van der Waals surface area contributed by atoms with E-state index in [0.29, 0.717) is 26.3 Å². The molecule has 0 aliphatic heterocycles. The van der Waals surface area contributed by atoms with Crippen LogP contribution >= 0.6 is 46.1 Å². The molecule has 0 bridgehead atoms. The van der Waals surface area contributed by atoms with Gasteiger partial charge in [0.1, 0.15) is 0 Å².